The molecule has 1 fully saturated rings. The number of hydrogen-bond acceptors (Lipinski definition) is 3. The van der Waals surface area contributed by atoms with Gasteiger partial charge in [-0.15, -0.1) is 0 Å². The van der Waals surface area contributed by atoms with Crippen molar-refractivity contribution in [1.82, 2.24) is 10.2 Å². The molecular weight excluding hydrogens is 326 g/mol. The van der Waals surface area contributed by atoms with E-state index in [0.717, 1.165) is 18.9 Å². The first kappa shape index (κ1) is 20.4. The Balaban J connectivity index is 1.78. The van der Waals surface area contributed by atoms with Crippen LogP contribution in [0.2, 0.25) is 0 Å². The van der Waals surface area contributed by atoms with E-state index in [4.69, 9.17) is 0 Å². The molecule has 0 bridgehead atoms. The van der Waals surface area contributed by atoms with Crippen LogP contribution in [-0.4, -0.2) is 42.9 Å². The Morgan fingerprint density at radius 2 is 2.04 bits per heavy atom. The average molecular weight is 360 g/mol. The van der Waals surface area contributed by atoms with Crippen LogP contribution < -0.4 is 10.6 Å². The van der Waals surface area contributed by atoms with Gasteiger partial charge >= 0.3 is 0 Å². The van der Waals surface area contributed by atoms with Crippen LogP contribution >= 0.6 is 0 Å². The van der Waals surface area contributed by atoms with Gasteiger partial charge in [0.05, 0.1) is 0 Å². The van der Waals surface area contributed by atoms with Crippen LogP contribution in [0.3, 0.4) is 0 Å². The molecule has 2 N–H and O–H groups in total. The third-order valence-electron chi connectivity index (χ3n) is 4.74. The second kappa shape index (κ2) is 9.17. The number of benzene rings is 1. The van der Waals surface area contributed by atoms with Gasteiger partial charge in [-0.3, -0.25) is 9.59 Å². The van der Waals surface area contributed by atoms with Gasteiger partial charge in [-0.25, -0.2) is 0 Å². The van der Waals surface area contributed by atoms with Crippen LogP contribution in [0.4, 0.5) is 5.69 Å². The fraction of sp³-hybridized carbons (Fsp3) is 0.619. The summed E-state index contributed by atoms with van der Waals surface area (Å²) in [6.07, 6.45) is 3.56. The van der Waals surface area contributed by atoms with Crippen LogP contribution in [0, 0.1) is 11.3 Å². The molecule has 5 nitrogen and oxygen atoms in total. The summed E-state index contributed by atoms with van der Waals surface area (Å²) in [7, 11) is 0. The number of hydrogen-bond donors (Lipinski definition) is 2. The number of piperidine rings is 1. The molecule has 5 heteroatoms. The Hall–Kier alpha value is -1.88. The molecule has 1 aliphatic heterocycles. The van der Waals surface area contributed by atoms with Gasteiger partial charge in [0, 0.05) is 29.8 Å². The molecule has 0 saturated carbocycles. The highest BCUT2D eigenvalue weighted by atomic mass is 16.2. The summed E-state index contributed by atoms with van der Waals surface area (Å²) in [4.78, 5) is 26.9. The largest absolute Gasteiger partial charge is 0.352 e. The highest BCUT2D eigenvalue weighted by Gasteiger charge is 2.21. The van der Waals surface area contributed by atoms with Gasteiger partial charge in [0.1, 0.15) is 0 Å². The number of nitrogens with zero attached hydrogens (tertiary/aromatic N) is 1. The molecule has 0 spiro atoms. The van der Waals surface area contributed by atoms with Crippen molar-refractivity contribution in [3.63, 3.8) is 0 Å². The lowest BCUT2D eigenvalue weighted by Crippen LogP contribution is -2.36. The molecule has 2 amide bonds. The highest BCUT2D eigenvalue weighted by molar-refractivity contribution is 5.98. The third kappa shape index (κ3) is 6.45. The Labute approximate surface area is 157 Å². The number of amides is 2. The van der Waals surface area contributed by atoms with E-state index in [9.17, 15) is 9.59 Å². The summed E-state index contributed by atoms with van der Waals surface area (Å²) in [5.74, 6) is 0.624. The minimum absolute atomic E-state index is 0.0641. The van der Waals surface area contributed by atoms with Gasteiger partial charge in [0.15, 0.2) is 0 Å². The van der Waals surface area contributed by atoms with Crippen LogP contribution in [-0.2, 0) is 4.79 Å². The van der Waals surface area contributed by atoms with E-state index in [2.05, 4.69) is 22.5 Å². The summed E-state index contributed by atoms with van der Waals surface area (Å²) in [6.45, 7) is 11.9. The van der Waals surface area contributed by atoms with E-state index in [1.807, 2.05) is 20.8 Å². The van der Waals surface area contributed by atoms with Crippen molar-refractivity contribution < 1.29 is 9.59 Å². The lowest BCUT2D eigenvalue weighted by molar-refractivity contribution is -0.123. The van der Waals surface area contributed by atoms with Gasteiger partial charge < -0.3 is 15.5 Å². The van der Waals surface area contributed by atoms with E-state index in [1.165, 1.54) is 25.9 Å². The van der Waals surface area contributed by atoms with Gasteiger partial charge in [-0.1, -0.05) is 33.8 Å². The molecule has 1 aromatic carbocycles. The maximum atomic E-state index is 12.3. The number of carbonyl (C=O) groups excluding carboxylic acids is 2. The lowest BCUT2D eigenvalue weighted by Gasteiger charge is -2.30. The first-order chi connectivity index (χ1) is 12.3. The molecule has 26 heavy (non-hydrogen) atoms. The molecular formula is C21H33N3O2. The Kier molecular flexibility index (Phi) is 7.21. The normalized spacial score (nSPS) is 18.4. The van der Waals surface area contributed by atoms with Crippen LogP contribution in [0.5, 0.6) is 0 Å². The third-order valence-corrected chi connectivity index (χ3v) is 4.74. The highest BCUT2D eigenvalue weighted by Crippen LogP contribution is 2.18. The number of carbonyl (C=O) groups is 2. The molecule has 0 radical (unpaired) electrons. The molecule has 2 rings (SSSR count). The maximum absolute atomic E-state index is 12.3. The quantitative estimate of drug-likeness (QED) is 0.764. The zero-order chi connectivity index (χ0) is 19.2. The van der Waals surface area contributed by atoms with Crippen molar-refractivity contribution in [2.24, 2.45) is 11.3 Å². The average Bonchev–Trinajstić information content (AvgIpc) is 2.58. The minimum atomic E-state index is -0.468. The fourth-order valence-corrected chi connectivity index (χ4v) is 3.15. The van der Waals surface area contributed by atoms with Crippen molar-refractivity contribution >= 4 is 17.5 Å². The second-order valence-corrected chi connectivity index (χ2v) is 8.44. The summed E-state index contributed by atoms with van der Waals surface area (Å²) in [5, 5.41) is 5.85. The van der Waals surface area contributed by atoms with Crippen LogP contribution in [0.25, 0.3) is 0 Å². The molecule has 1 unspecified atom stereocenters. The summed E-state index contributed by atoms with van der Waals surface area (Å²) >= 11 is 0. The first-order valence-corrected chi connectivity index (χ1v) is 9.68. The smallest absolute Gasteiger partial charge is 0.251 e. The summed E-state index contributed by atoms with van der Waals surface area (Å²) in [5.41, 5.74) is 0.757. The van der Waals surface area contributed by atoms with Gasteiger partial charge in [-0.05, 0) is 56.5 Å². The zero-order valence-corrected chi connectivity index (χ0v) is 16.6. The monoisotopic (exact) mass is 359 g/mol. The molecule has 144 valence electrons. The topological polar surface area (TPSA) is 61.4 Å². The standard InChI is InChI=1S/C21H33N3O2/c1-16-8-6-12-24(15-16)13-7-11-22-19(25)17-9-5-10-18(14-17)23-20(26)21(2,3)4/h5,9-10,14,16H,6-8,11-13,15H2,1-4H3,(H,22,25)(H,23,26). The number of nitrogens with one attached hydrogen (secondary N) is 2. The fourth-order valence-electron chi connectivity index (χ4n) is 3.15. The molecule has 0 aliphatic carbocycles. The van der Waals surface area contributed by atoms with Crippen molar-refractivity contribution in [2.75, 3.05) is 31.5 Å². The van der Waals surface area contributed by atoms with E-state index in [-0.39, 0.29) is 11.8 Å². The van der Waals surface area contributed by atoms with Crippen molar-refractivity contribution in [1.29, 1.82) is 0 Å². The van der Waals surface area contributed by atoms with Crippen molar-refractivity contribution in [2.45, 2.75) is 47.0 Å². The first-order valence-electron chi connectivity index (χ1n) is 9.68. The SMILES string of the molecule is CC1CCCN(CCCNC(=O)c2cccc(NC(=O)C(C)(C)C)c2)C1. The molecule has 1 aliphatic rings. The molecule has 1 saturated heterocycles. The number of anilines is 1. The zero-order valence-electron chi connectivity index (χ0n) is 16.6. The Morgan fingerprint density at radius 1 is 1.27 bits per heavy atom. The van der Waals surface area contributed by atoms with E-state index in [0.29, 0.717) is 17.8 Å². The van der Waals surface area contributed by atoms with E-state index >= 15 is 0 Å². The van der Waals surface area contributed by atoms with Crippen LogP contribution in [0.1, 0.15) is 57.3 Å². The van der Waals surface area contributed by atoms with Gasteiger partial charge in [-0.2, -0.15) is 0 Å². The van der Waals surface area contributed by atoms with E-state index < -0.39 is 5.41 Å². The van der Waals surface area contributed by atoms with Gasteiger partial charge in [0.2, 0.25) is 5.91 Å². The minimum Gasteiger partial charge on any atom is -0.352 e. The Bertz CT molecular complexity index is 622. The van der Waals surface area contributed by atoms with Crippen LogP contribution in [0.15, 0.2) is 24.3 Å². The molecule has 1 aromatic rings. The predicted octanol–water partition coefficient (Wildman–Crippen LogP) is 3.52. The van der Waals surface area contributed by atoms with Crippen molar-refractivity contribution in [3.05, 3.63) is 29.8 Å². The summed E-state index contributed by atoms with van der Waals surface area (Å²) < 4.78 is 0. The molecule has 1 atom stereocenters. The van der Waals surface area contributed by atoms with Crippen molar-refractivity contribution in [3.8, 4) is 0 Å². The molecule has 1 heterocycles. The maximum Gasteiger partial charge on any atom is 0.251 e. The molecule has 0 aromatic heterocycles. The second-order valence-electron chi connectivity index (χ2n) is 8.44. The number of likely N-dealkylation sites (tertiary alicyclic amines) is 1. The lowest BCUT2D eigenvalue weighted by atomic mass is 9.95. The Morgan fingerprint density at radius 3 is 2.73 bits per heavy atom. The van der Waals surface area contributed by atoms with Gasteiger partial charge in [0.25, 0.3) is 5.91 Å². The number of rotatable bonds is 6. The predicted molar refractivity (Wildman–Crippen MR) is 106 cm³/mol. The van der Waals surface area contributed by atoms with E-state index in [1.54, 1.807) is 24.3 Å². The summed E-state index contributed by atoms with van der Waals surface area (Å²) in [6, 6.07) is 7.10.